The lowest BCUT2D eigenvalue weighted by atomic mass is 10.1. The average Bonchev–Trinajstić information content (AvgIpc) is 2.76. The lowest BCUT2D eigenvalue weighted by Gasteiger charge is -2.31. The second-order valence-electron chi connectivity index (χ2n) is 7.05. The Morgan fingerprint density at radius 3 is 2.57 bits per heavy atom. The molecule has 3 aromatic rings. The molecule has 1 aliphatic heterocycles. The van der Waals surface area contributed by atoms with Crippen molar-refractivity contribution in [1.82, 2.24) is 9.55 Å². The van der Waals surface area contributed by atoms with Gasteiger partial charge >= 0.3 is 0 Å². The van der Waals surface area contributed by atoms with Gasteiger partial charge in [0.25, 0.3) is 5.56 Å². The minimum absolute atomic E-state index is 0.0520. The average molecular weight is 370 g/mol. The Kier molecular flexibility index (Phi) is 5.20. The van der Waals surface area contributed by atoms with E-state index in [1.165, 1.54) is 6.42 Å². The lowest BCUT2D eigenvalue weighted by molar-refractivity contribution is 0.559. The summed E-state index contributed by atoms with van der Waals surface area (Å²) in [5, 5.41) is 9.46. The van der Waals surface area contributed by atoms with E-state index in [1.54, 1.807) is 18.5 Å². The predicted octanol–water partition coefficient (Wildman–Crippen LogP) is 3.82. The lowest BCUT2D eigenvalue weighted by Crippen LogP contribution is -2.36. The van der Waals surface area contributed by atoms with Crippen LogP contribution in [0.15, 0.2) is 65.7 Å². The summed E-state index contributed by atoms with van der Waals surface area (Å²) in [6.45, 7) is 2.28. The first-order chi connectivity index (χ1) is 13.8. The Bertz CT molecular complexity index is 1060. The van der Waals surface area contributed by atoms with Crippen LogP contribution in [-0.4, -0.2) is 22.6 Å². The molecule has 4 rings (SSSR count). The molecule has 1 saturated heterocycles. The van der Waals surface area contributed by atoms with Crippen molar-refractivity contribution in [3.05, 3.63) is 82.4 Å². The largest absolute Gasteiger partial charge is 0.358 e. The first kappa shape index (κ1) is 18.0. The molecule has 2 aromatic heterocycles. The molecule has 0 amide bonds. The van der Waals surface area contributed by atoms with E-state index < -0.39 is 0 Å². The highest BCUT2D eigenvalue weighted by Gasteiger charge is 2.18. The fraction of sp³-hybridized carbons (Fsp3) is 0.261. The standard InChI is InChI=1S/C23H22N4O/c24-15-18-7-2-3-8-20(18)17-27-22(26-13-4-1-5-14-26)11-10-21(23(27)28)19-9-6-12-25-16-19/h2-3,6-12,16H,1,4-5,13-14,17H2. The molecule has 0 radical (unpaired) electrons. The Hall–Kier alpha value is -3.39. The summed E-state index contributed by atoms with van der Waals surface area (Å²) >= 11 is 0. The van der Waals surface area contributed by atoms with Crippen molar-refractivity contribution in [1.29, 1.82) is 5.26 Å². The second kappa shape index (κ2) is 8.10. The van der Waals surface area contributed by atoms with E-state index in [1.807, 2.05) is 47.0 Å². The summed E-state index contributed by atoms with van der Waals surface area (Å²) in [6, 6.07) is 17.4. The zero-order valence-electron chi connectivity index (χ0n) is 15.7. The SMILES string of the molecule is N#Cc1ccccc1Cn1c(N2CCCCC2)ccc(-c2cccnc2)c1=O. The van der Waals surface area contributed by atoms with Crippen LogP contribution in [0.25, 0.3) is 11.1 Å². The molecular formula is C23H22N4O. The van der Waals surface area contributed by atoms with E-state index in [-0.39, 0.29) is 5.56 Å². The van der Waals surface area contributed by atoms with Gasteiger partial charge in [0.1, 0.15) is 5.82 Å². The molecule has 1 aliphatic rings. The summed E-state index contributed by atoms with van der Waals surface area (Å²) in [5.74, 6) is 0.921. The zero-order valence-corrected chi connectivity index (χ0v) is 15.7. The van der Waals surface area contributed by atoms with Crippen molar-refractivity contribution < 1.29 is 0 Å². The maximum absolute atomic E-state index is 13.5. The van der Waals surface area contributed by atoms with Crippen LogP contribution in [0.1, 0.15) is 30.4 Å². The van der Waals surface area contributed by atoms with E-state index in [0.29, 0.717) is 17.7 Å². The van der Waals surface area contributed by atoms with Crippen LogP contribution in [0, 0.1) is 11.3 Å². The third kappa shape index (κ3) is 3.54. The van der Waals surface area contributed by atoms with Gasteiger partial charge < -0.3 is 4.90 Å². The number of rotatable bonds is 4. The zero-order chi connectivity index (χ0) is 19.3. The Morgan fingerprint density at radius 2 is 1.82 bits per heavy atom. The fourth-order valence-corrected chi connectivity index (χ4v) is 3.80. The fourth-order valence-electron chi connectivity index (χ4n) is 3.80. The summed E-state index contributed by atoms with van der Waals surface area (Å²) < 4.78 is 1.81. The second-order valence-corrected chi connectivity index (χ2v) is 7.05. The van der Waals surface area contributed by atoms with E-state index >= 15 is 0 Å². The highest BCUT2D eigenvalue weighted by molar-refractivity contribution is 5.63. The highest BCUT2D eigenvalue weighted by atomic mass is 16.1. The van der Waals surface area contributed by atoms with Gasteiger partial charge in [-0.05, 0) is 49.1 Å². The molecule has 0 unspecified atom stereocenters. The molecule has 1 aromatic carbocycles. The number of pyridine rings is 2. The molecular weight excluding hydrogens is 348 g/mol. The topological polar surface area (TPSA) is 61.9 Å². The van der Waals surface area contributed by atoms with Gasteiger partial charge in [-0.3, -0.25) is 14.3 Å². The van der Waals surface area contributed by atoms with Gasteiger partial charge in [-0.1, -0.05) is 24.3 Å². The molecule has 5 nitrogen and oxygen atoms in total. The smallest absolute Gasteiger partial charge is 0.260 e. The Balaban J connectivity index is 1.84. The van der Waals surface area contributed by atoms with Crippen molar-refractivity contribution in [3.8, 4) is 17.2 Å². The van der Waals surface area contributed by atoms with Gasteiger partial charge in [-0.25, -0.2) is 0 Å². The van der Waals surface area contributed by atoms with Crippen LogP contribution in [0.4, 0.5) is 5.82 Å². The van der Waals surface area contributed by atoms with Crippen LogP contribution in [0.2, 0.25) is 0 Å². The molecule has 3 heterocycles. The van der Waals surface area contributed by atoms with Crippen molar-refractivity contribution in [2.45, 2.75) is 25.8 Å². The van der Waals surface area contributed by atoms with E-state index in [4.69, 9.17) is 0 Å². The molecule has 0 N–H and O–H groups in total. The molecule has 0 aliphatic carbocycles. The summed E-state index contributed by atoms with van der Waals surface area (Å²) in [7, 11) is 0. The van der Waals surface area contributed by atoms with Crippen molar-refractivity contribution in [2.24, 2.45) is 0 Å². The first-order valence-corrected chi connectivity index (χ1v) is 9.65. The van der Waals surface area contributed by atoms with Crippen LogP contribution < -0.4 is 10.5 Å². The van der Waals surface area contributed by atoms with E-state index in [0.717, 1.165) is 42.9 Å². The third-order valence-corrected chi connectivity index (χ3v) is 5.27. The molecule has 5 heteroatoms. The van der Waals surface area contributed by atoms with Gasteiger partial charge in [0, 0.05) is 36.6 Å². The van der Waals surface area contributed by atoms with Crippen LogP contribution in [-0.2, 0) is 6.54 Å². The third-order valence-electron chi connectivity index (χ3n) is 5.27. The van der Waals surface area contributed by atoms with Gasteiger partial charge in [0.2, 0.25) is 0 Å². The summed E-state index contributed by atoms with van der Waals surface area (Å²) in [5.41, 5.74) is 2.84. The predicted molar refractivity (Wildman–Crippen MR) is 110 cm³/mol. The number of benzene rings is 1. The van der Waals surface area contributed by atoms with Crippen molar-refractivity contribution >= 4 is 5.82 Å². The molecule has 140 valence electrons. The molecule has 28 heavy (non-hydrogen) atoms. The number of aromatic nitrogens is 2. The van der Waals surface area contributed by atoms with Crippen LogP contribution in [0.3, 0.4) is 0 Å². The number of hydrogen-bond donors (Lipinski definition) is 0. The van der Waals surface area contributed by atoms with Crippen LogP contribution >= 0.6 is 0 Å². The maximum Gasteiger partial charge on any atom is 0.260 e. The molecule has 0 spiro atoms. The van der Waals surface area contributed by atoms with Crippen molar-refractivity contribution in [2.75, 3.05) is 18.0 Å². The minimum atomic E-state index is -0.0520. The Labute approximate surface area is 164 Å². The van der Waals surface area contributed by atoms with Gasteiger partial charge in [-0.15, -0.1) is 0 Å². The molecule has 0 atom stereocenters. The number of hydrogen-bond acceptors (Lipinski definition) is 4. The number of anilines is 1. The number of piperidine rings is 1. The van der Waals surface area contributed by atoms with Gasteiger partial charge in [-0.2, -0.15) is 5.26 Å². The number of nitrogens with zero attached hydrogens (tertiary/aromatic N) is 4. The maximum atomic E-state index is 13.5. The first-order valence-electron chi connectivity index (χ1n) is 9.65. The Morgan fingerprint density at radius 1 is 1.00 bits per heavy atom. The van der Waals surface area contributed by atoms with Gasteiger partial charge in [0.05, 0.1) is 18.2 Å². The summed E-state index contributed by atoms with van der Waals surface area (Å²) in [6.07, 6.45) is 6.91. The molecule has 1 fully saturated rings. The van der Waals surface area contributed by atoms with E-state index in [9.17, 15) is 10.1 Å². The number of nitriles is 1. The minimum Gasteiger partial charge on any atom is -0.358 e. The molecule has 0 bridgehead atoms. The quantitative estimate of drug-likeness (QED) is 0.700. The van der Waals surface area contributed by atoms with E-state index in [2.05, 4.69) is 16.0 Å². The monoisotopic (exact) mass is 370 g/mol. The highest BCUT2D eigenvalue weighted by Crippen LogP contribution is 2.23. The summed E-state index contributed by atoms with van der Waals surface area (Å²) in [4.78, 5) is 19.9. The van der Waals surface area contributed by atoms with Crippen LogP contribution in [0.5, 0.6) is 0 Å². The van der Waals surface area contributed by atoms with Gasteiger partial charge in [0.15, 0.2) is 0 Å². The van der Waals surface area contributed by atoms with Crippen molar-refractivity contribution in [3.63, 3.8) is 0 Å². The molecule has 0 saturated carbocycles. The normalized spacial score (nSPS) is 13.9.